The number of aliphatic hydroxyl groups is 1. The molecule has 27 heavy (non-hydrogen) atoms. The first-order valence-electron chi connectivity index (χ1n) is 8.65. The molecule has 2 heterocycles. The fourth-order valence-electron chi connectivity index (χ4n) is 3.02. The molecule has 2 aliphatic heterocycles. The Labute approximate surface area is 157 Å². The Bertz CT molecular complexity index is 854. The smallest absolute Gasteiger partial charge is 0.207 e. The number of ketones is 1. The Morgan fingerprint density at radius 2 is 1.81 bits per heavy atom. The predicted octanol–water partition coefficient (Wildman–Crippen LogP) is 4.00. The standard InChI is InChI=1S/C21H22O6/c1-25-20-14-5-3-4-6-15(22)12-17(23)13-7-9-16(10-8-13)27-18(11-14)21(26-2)19(20)24/h3,5,7-11,17,23-24H,4,6,12H2,1-2H3/b5-3+/t17-/m0/s1. The summed E-state index contributed by atoms with van der Waals surface area (Å²) >= 11 is 0. The van der Waals surface area contributed by atoms with Crippen LogP contribution in [0.4, 0.5) is 0 Å². The summed E-state index contributed by atoms with van der Waals surface area (Å²) in [5.41, 5.74) is 1.25. The summed E-state index contributed by atoms with van der Waals surface area (Å²) in [6, 6.07) is 8.51. The molecule has 0 saturated carbocycles. The number of hydrogen-bond acceptors (Lipinski definition) is 6. The van der Waals surface area contributed by atoms with Gasteiger partial charge < -0.3 is 24.4 Å². The van der Waals surface area contributed by atoms with Crippen LogP contribution in [0.15, 0.2) is 36.4 Å². The maximum atomic E-state index is 12.1. The van der Waals surface area contributed by atoms with Crippen LogP contribution in [0.3, 0.4) is 0 Å². The quantitative estimate of drug-likeness (QED) is 0.831. The Kier molecular flexibility index (Phi) is 5.66. The van der Waals surface area contributed by atoms with Crippen molar-refractivity contribution in [3.8, 4) is 28.7 Å². The zero-order chi connectivity index (χ0) is 19.4. The molecule has 2 aromatic carbocycles. The molecule has 2 N–H and O–H groups in total. The number of hydrogen-bond donors (Lipinski definition) is 2. The van der Waals surface area contributed by atoms with Gasteiger partial charge in [-0.15, -0.1) is 0 Å². The lowest BCUT2D eigenvalue weighted by atomic mass is 10.0. The zero-order valence-corrected chi connectivity index (χ0v) is 15.3. The molecule has 2 aromatic rings. The number of aromatic hydroxyl groups is 1. The average molecular weight is 370 g/mol. The van der Waals surface area contributed by atoms with Crippen LogP contribution in [-0.2, 0) is 4.79 Å². The van der Waals surface area contributed by atoms with Gasteiger partial charge in [0.1, 0.15) is 11.5 Å². The molecule has 0 amide bonds. The third kappa shape index (κ3) is 4.06. The van der Waals surface area contributed by atoms with Gasteiger partial charge in [0.2, 0.25) is 11.5 Å². The first-order chi connectivity index (χ1) is 13.0. The van der Waals surface area contributed by atoms with E-state index >= 15 is 0 Å². The van der Waals surface area contributed by atoms with Crippen LogP contribution in [0.5, 0.6) is 28.7 Å². The van der Waals surface area contributed by atoms with Gasteiger partial charge >= 0.3 is 0 Å². The number of carbonyl (C=O) groups excluding carboxylic acids is 1. The fraction of sp³-hybridized carbons (Fsp3) is 0.286. The zero-order valence-electron chi connectivity index (χ0n) is 15.3. The molecule has 0 aliphatic carbocycles. The largest absolute Gasteiger partial charge is 0.502 e. The number of allylic oxidation sites excluding steroid dienone is 1. The SMILES string of the molecule is COc1c2cc(c(OC)c1O)Oc1ccc(cc1)[C@@H](O)CC(=O)CC/C=C/2. The highest BCUT2D eigenvalue weighted by Crippen LogP contribution is 2.47. The number of carbonyl (C=O) groups is 1. The van der Waals surface area contributed by atoms with Crippen molar-refractivity contribution in [1.82, 2.24) is 0 Å². The highest BCUT2D eigenvalue weighted by molar-refractivity contribution is 5.79. The van der Waals surface area contributed by atoms with Crippen molar-refractivity contribution in [1.29, 1.82) is 0 Å². The summed E-state index contributed by atoms with van der Waals surface area (Å²) in [6.07, 6.45) is 3.63. The molecular weight excluding hydrogens is 348 g/mol. The third-order valence-corrected chi connectivity index (χ3v) is 4.41. The van der Waals surface area contributed by atoms with E-state index < -0.39 is 6.10 Å². The molecular formula is C21H22O6. The van der Waals surface area contributed by atoms with Crippen molar-refractivity contribution in [3.05, 3.63) is 47.5 Å². The van der Waals surface area contributed by atoms with E-state index in [0.29, 0.717) is 35.5 Å². The van der Waals surface area contributed by atoms with Gasteiger partial charge in [-0.1, -0.05) is 24.3 Å². The van der Waals surface area contributed by atoms with Gasteiger partial charge in [0, 0.05) is 18.4 Å². The van der Waals surface area contributed by atoms with Crippen molar-refractivity contribution in [3.63, 3.8) is 0 Å². The molecule has 1 atom stereocenters. The third-order valence-electron chi connectivity index (χ3n) is 4.41. The molecule has 4 bridgehead atoms. The van der Waals surface area contributed by atoms with Gasteiger partial charge in [-0.3, -0.25) is 4.79 Å². The summed E-state index contributed by atoms with van der Waals surface area (Å²) in [5, 5.41) is 20.7. The molecule has 2 aliphatic rings. The molecule has 0 saturated heterocycles. The first-order valence-corrected chi connectivity index (χ1v) is 8.65. The summed E-state index contributed by atoms with van der Waals surface area (Å²) in [5.74, 6) is 1.07. The van der Waals surface area contributed by atoms with E-state index in [9.17, 15) is 15.0 Å². The van der Waals surface area contributed by atoms with Crippen molar-refractivity contribution >= 4 is 11.9 Å². The summed E-state index contributed by atoms with van der Waals surface area (Å²) in [7, 11) is 2.89. The second-order valence-electron chi connectivity index (χ2n) is 6.25. The van der Waals surface area contributed by atoms with Crippen molar-refractivity contribution < 1.29 is 29.2 Å². The lowest BCUT2D eigenvalue weighted by Crippen LogP contribution is -2.06. The second-order valence-corrected chi connectivity index (χ2v) is 6.25. The summed E-state index contributed by atoms with van der Waals surface area (Å²) in [6.45, 7) is 0. The molecule has 0 spiro atoms. The highest BCUT2D eigenvalue weighted by atomic mass is 16.5. The molecule has 6 nitrogen and oxygen atoms in total. The number of phenolic OH excluding ortho intramolecular Hbond substituents is 1. The van der Waals surface area contributed by atoms with Crippen molar-refractivity contribution in [2.45, 2.75) is 25.4 Å². The number of ether oxygens (including phenoxy) is 3. The van der Waals surface area contributed by atoms with Crippen LogP contribution in [0.25, 0.3) is 6.08 Å². The Hall–Kier alpha value is -2.99. The van der Waals surface area contributed by atoms with E-state index in [0.717, 1.165) is 0 Å². The molecule has 0 unspecified atom stereocenters. The predicted molar refractivity (Wildman–Crippen MR) is 101 cm³/mol. The number of methoxy groups -OCH3 is 2. The van der Waals surface area contributed by atoms with Crippen LogP contribution >= 0.6 is 0 Å². The molecule has 6 heteroatoms. The van der Waals surface area contributed by atoms with Gasteiger partial charge in [0.15, 0.2) is 11.5 Å². The monoisotopic (exact) mass is 370 g/mol. The minimum Gasteiger partial charge on any atom is -0.502 e. The summed E-state index contributed by atoms with van der Waals surface area (Å²) < 4.78 is 16.5. The van der Waals surface area contributed by atoms with E-state index in [1.807, 2.05) is 6.08 Å². The second kappa shape index (κ2) is 8.14. The van der Waals surface area contributed by atoms with Crippen LogP contribution < -0.4 is 14.2 Å². The van der Waals surface area contributed by atoms with Crippen molar-refractivity contribution in [2.24, 2.45) is 0 Å². The molecule has 4 rings (SSSR count). The van der Waals surface area contributed by atoms with Gasteiger partial charge in [-0.2, -0.15) is 0 Å². The maximum absolute atomic E-state index is 12.1. The first kappa shape index (κ1) is 18.8. The van der Waals surface area contributed by atoms with E-state index in [4.69, 9.17) is 14.2 Å². The number of aliphatic hydroxyl groups excluding tert-OH is 1. The lowest BCUT2D eigenvalue weighted by molar-refractivity contribution is -0.120. The van der Waals surface area contributed by atoms with E-state index in [1.165, 1.54) is 14.2 Å². The summed E-state index contributed by atoms with van der Waals surface area (Å²) in [4.78, 5) is 12.1. The van der Waals surface area contributed by atoms with E-state index in [-0.39, 0.29) is 29.5 Å². The van der Waals surface area contributed by atoms with E-state index in [2.05, 4.69) is 0 Å². The minimum atomic E-state index is -0.847. The van der Waals surface area contributed by atoms with Crippen LogP contribution in [-0.4, -0.2) is 30.2 Å². The van der Waals surface area contributed by atoms with Gasteiger partial charge in [0.25, 0.3) is 0 Å². The minimum absolute atomic E-state index is 0.0208. The number of fused-ring (bicyclic) bond motifs is 7. The van der Waals surface area contributed by atoms with Crippen LogP contribution in [0.2, 0.25) is 0 Å². The highest BCUT2D eigenvalue weighted by Gasteiger charge is 2.20. The van der Waals surface area contributed by atoms with Gasteiger partial charge in [-0.05, 0) is 30.2 Å². The van der Waals surface area contributed by atoms with Crippen LogP contribution in [0.1, 0.15) is 36.5 Å². The van der Waals surface area contributed by atoms with Gasteiger partial charge in [0.05, 0.1) is 20.3 Å². The normalized spacial score (nSPS) is 18.2. The lowest BCUT2D eigenvalue weighted by Gasteiger charge is -2.16. The Balaban J connectivity index is 2.10. The Morgan fingerprint density at radius 3 is 2.48 bits per heavy atom. The number of rotatable bonds is 2. The Morgan fingerprint density at radius 1 is 1.11 bits per heavy atom. The molecule has 0 radical (unpaired) electrons. The topological polar surface area (TPSA) is 85.2 Å². The number of Topliss-reactive ketones (excluding diaryl/α,β-unsaturated/α-hetero) is 1. The molecule has 142 valence electrons. The van der Waals surface area contributed by atoms with Crippen LogP contribution in [0, 0.1) is 0 Å². The van der Waals surface area contributed by atoms with Crippen molar-refractivity contribution in [2.75, 3.05) is 14.2 Å². The van der Waals surface area contributed by atoms with Gasteiger partial charge in [-0.25, -0.2) is 0 Å². The number of benzene rings is 2. The molecule has 0 aromatic heterocycles. The van der Waals surface area contributed by atoms with E-state index in [1.54, 1.807) is 36.4 Å². The number of phenols is 1. The maximum Gasteiger partial charge on any atom is 0.207 e. The average Bonchev–Trinajstić information content (AvgIpc) is 2.66. The fourth-order valence-corrected chi connectivity index (χ4v) is 3.02. The molecule has 0 fully saturated rings.